The minimum atomic E-state index is -0.271. The molecule has 2 aliphatic rings. The lowest BCUT2D eigenvalue weighted by Crippen LogP contribution is -2.51. The van der Waals surface area contributed by atoms with Crippen molar-refractivity contribution in [2.75, 3.05) is 46.9 Å². The summed E-state index contributed by atoms with van der Waals surface area (Å²) in [5.41, 5.74) is 4.35. The van der Waals surface area contributed by atoms with Crippen LogP contribution in [0.15, 0.2) is 53.9 Å². The van der Waals surface area contributed by atoms with Gasteiger partial charge in [-0.05, 0) is 67.0 Å². The minimum Gasteiger partial charge on any atom is -0.497 e. The van der Waals surface area contributed by atoms with Gasteiger partial charge in [-0.15, -0.1) is 11.3 Å². The molecule has 5 rings (SSSR count). The van der Waals surface area contributed by atoms with Crippen molar-refractivity contribution < 1.29 is 19.1 Å². The maximum Gasteiger partial charge on any atom is 0.254 e. The molecule has 0 saturated carbocycles. The Morgan fingerprint density at radius 3 is 2.31 bits per heavy atom. The van der Waals surface area contributed by atoms with Crippen molar-refractivity contribution in [2.24, 2.45) is 0 Å². The average Bonchev–Trinajstić information content (AvgIpc) is 3.32. The van der Waals surface area contributed by atoms with Gasteiger partial charge in [0.05, 0.1) is 26.3 Å². The molecule has 7 nitrogen and oxygen atoms in total. The van der Waals surface area contributed by atoms with E-state index in [-0.39, 0.29) is 23.9 Å². The third-order valence-electron chi connectivity index (χ3n) is 8.03. The van der Waals surface area contributed by atoms with Crippen molar-refractivity contribution in [1.29, 1.82) is 0 Å². The standard InChI is InChI=1S/C31H37N3O4S/c1-21-8-5-6-9-26(21)29-27-11-17-39-28(27)10-14-34(29)22(2)30(35)32-12-7-13-33(16-15-32)31(36)23-18-24(37-3)20-25(19-23)38-4/h5-6,8-9,11,17-20,22,29H,7,10,12-16H2,1-4H3/t22-,29-/m0/s1. The number of benzene rings is 2. The molecule has 0 unspecified atom stereocenters. The maximum absolute atomic E-state index is 13.9. The Labute approximate surface area is 234 Å². The lowest BCUT2D eigenvalue weighted by atomic mass is 9.89. The van der Waals surface area contributed by atoms with Crippen LogP contribution in [0.1, 0.15) is 51.3 Å². The summed E-state index contributed by atoms with van der Waals surface area (Å²) < 4.78 is 10.7. The summed E-state index contributed by atoms with van der Waals surface area (Å²) in [6.45, 7) is 7.29. The van der Waals surface area contributed by atoms with Crippen molar-refractivity contribution in [3.63, 3.8) is 0 Å². The molecule has 0 spiro atoms. The van der Waals surface area contributed by atoms with Crippen molar-refractivity contribution in [3.8, 4) is 11.5 Å². The number of fused-ring (bicyclic) bond motifs is 1. The first-order valence-electron chi connectivity index (χ1n) is 13.6. The van der Waals surface area contributed by atoms with E-state index in [0.29, 0.717) is 43.2 Å². The van der Waals surface area contributed by atoms with Gasteiger partial charge in [-0.2, -0.15) is 0 Å². The highest BCUT2D eigenvalue weighted by Crippen LogP contribution is 2.40. The Bertz CT molecular complexity index is 1320. The van der Waals surface area contributed by atoms with E-state index in [1.807, 2.05) is 28.1 Å². The number of hydrogen-bond donors (Lipinski definition) is 0. The van der Waals surface area contributed by atoms with Gasteiger partial charge in [0, 0.05) is 49.2 Å². The van der Waals surface area contributed by atoms with Gasteiger partial charge in [0.1, 0.15) is 11.5 Å². The lowest BCUT2D eigenvalue weighted by Gasteiger charge is -2.41. The van der Waals surface area contributed by atoms with E-state index in [0.717, 1.165) is 19.4 Å². The first-order valence-corrected chi connectivity index (χ1v) is 14.5. The van der Waals surface area contributed by atoms with Gasteiger partial charge >= 0.3 is 0 Å². The van der Waals surface area contributed by atoms with E-state index in [1.54, 1.807) is 32.4 Å². The number of methoxy groups -OCH3 is 2. The molecule has 2 aromatic carbocycles. The summed E-state index contributed by atoms with van der Waals surface area (Å²) in [6, 6.07) is 15.8. The van der Waals surface area contributed by atoms with E-state index in [1.165, 1.54) is 21.6 Å². The molecule has 0 radical (unpaired) electrons. The zero-order valence-corrected chi connectivity index (χ0v) is 24.0. The van der Waals surface area contributed by atoms with Crippen LogP contribution in [0, 0.1) is 6.92 Å². The summed E-state index contributed by atoms with van der Waals surface area (Å²) in [5.74, 6) is 1.22. The minimum absolute atomic E-state index is 0.0632. The van der Waals surface area contributed by atoms with Crippen LogP contribution in [-0.4, -0.2) is 79.5 Å². The van der Waals surface area contributed by atoms with Crippen molar-refractivity contribution in [3.05, 3.63) is 81.0 Å². The molecular weight excluding hydrogens is 510 g/mol. The Balaban J connectivity index is 1.31. The summed E-state index contributed by atoms with van der Waals surface area (Å²) in [7, 11) is 3.15. The van der Waals surface area contributed by atoms with E-state index in [4.69, 9.17) is 9.47 Å². The van der Waals surface area contributed by atoms with Crippen LogP contribution in [0.5, 0.6) is 11.5 Å². The zero-order chi connectivity index (χ0) is 27.5. The van der Waals surface area contributed by atoms with E-state index in [9.17, 15) is 9.59 Å². The van der Waals surface area contributed by atoms with Crippen LogP contribution >= 0.6 is 11.3 Å². The molecule has 3 heterocycles. The third-order valence-corrected chi connectivity index (χ3v) is 9.03. The normalized spacial score (nSPS) is 18.7. The highest BCUT2D eigenvalue weighted by molar-refractivity contribution is 7.10. The molecule has 8 heteroatoms. The highest BCUT2D eigenvalue weighted by Gasteiger charge is 2.37. The SMILES string of the molecule is COc1cc(OC)cc(C(=O)N2CCCN(C(=O)[C@H](C)N3CCc4sccc4[C@@H]3c3ccccc3C)CC2)c1. The van der Waals surface area contributed by atoms with Crippen LogP contribution in [-0.2, 0) is 11.2 Å². The van der Waals surface area contributed by atoms with Gasteiger partial charge in [-0.1, -0.05) is 24.3 Å². The lowest BCUT2D eigenvalue weighted by molar-refractivity contribution is -0.137. The van der Waals surface area contributed by atoms with Gasteiger partial charge in [-0.25, -0.2) is 0 Å². The second kappa shape index (κ2) is 11.8. The van der Waals surface area contributed by atoms with Crippen molar-refractivity contribution in [2.45, 2.75) is 38.8 Å². The number of hydrogen-bond acceptors (Lipinski definition) is 6. The molecule has 2 amide bonds. The van der Waals surface area contributed by atoms with Crippen LogP contribution in [0.4, 0.5) is 0 Å². The molecule has 2 atom stereocenters. The maximum atomic E-state index is 13.9. The predicted octanol–water partition coefficient (Wildman–Crippen LogP) is 4.78. The second-order valence-corrected chi connectivity index (χ2v) is 11.3. The number of rotatable bonds is 6. The van der Waals surface area contributed by atoms with Gasteiger partial charge in [0.15, 0.2) is 0 Å². The Morgan fingerprint density at radius 2 is 1.59 bits per heavy atom. The summed E-state index contributed by atoms with van der Waals surface area (Å²) in [4.78, 5) is 34.9. The number of nitrogens with zero attached hydrogens (tertiary/aromatic N) is 3. The third kappa shape index (κ3) is 5.54. The van der Waals surface area contributed by atoms with Gasteiger partial charge in [0.25, 0.3) is 5.91 Å². The molecule has 0 N–H and O–H groups in total. The predicted molar refractivity (Wildman–Crippen MR) is 154 cm³/mol. The van der Waals surface area contributed by atoms with Crippen LogP contribution in [0.2, 0.25) is 0 Å². The quantitative estimate of drug-likeness (QED) is 0.444. The summed E-state index contributed by atoms with van der Waals surface area (Å²) in [5, 5.41) is 2.17. The number of ether oxygens (including phenoxy) is 2. The molecule has 3 aromatic rings. The largest absolute Gasteiger partial charge is 0.497 e. The fraction of sp³-hybridized carbons (Fsp3) is 0.419. The highest BCUT2D eigenvalue weighted by atomic mass is 32.1. The molecule has 39 heavy (non-hydrogen) atoms. The molecule has 2 aliphatic heterocycles. The first-order chi connectivity index (χ1) is 18.9. The van der Waals surface area contributed by atoms with E-state index in [2.05, 4.69) is 47.5 Å². The number of carbonyl (C=O) groups excluding carboxylic acids is 2. The van der Waals surface area contributed by atoms with Crippen molar-refractivity contribution >= 4 is 23.2 Å². The fourth-order valence-corrected chi connectivity index (χ4v) is 6.76. The van der Waals surface area contributed by atoms with Crippen LogP contribution in [0.3, 0.4) is 0 Å². The topological polar surface area (TPSA) is 62.3 Å². The van der Waals surface area contributed by atoms with E-state index >= 15 is 0 Å². The van der Waals surface area contributed by atoms with Crippen molar-refractivity contribution in [1.82, 2.24) is 14.7 Å². The van der Waals surface area contributed by atoms with Crippen LogP contribution in [0.25, 0.3) is 0 Å². The number of aryl methyl sites for hydroxylation is 1. The van der Waals surface area contributed by atoms with E-state index < -0.39 is 0 Å². The number of carbonyl (C=O) groups is 2. The smallest absolute Gasteiger partial charge is 0.254 e. The molecule has 0 bridgehead atoms. The molecular formula is C31H37N3O4S. The average molecular weight is 548 g/mol. The Morgan fingerprint density at radius 1 is 0.897 bits per heavy atom. The summed E-state index contributed by atoms with van der Waals surface area (Å²) in [6.07, 6.45) is 1.69. The van der Waals surface area contributed by atoms with Gasteiger partial charge in [-0.3, -0.25) is 14.5 Å². The number of thiophene rings is 1. The Kier molecular flexibility index (Phi) is 8.23. The summed E-state index contributed by atoms with van der Waals surface area (Å²) >= 11 is 1.81. The fourth-order valence-electron chi connectivity index (χ4n) is 5.85. The molecule has 1 saturated heterocycles. The zero-order valence-electron chi connectivity index (χ0n) is 23.2. The number of amides is 2. The molecule has 0 aliphatic carbocycles. The first kappa shape index (κ1) is 27.2. The molecule has 1 fully saturated rings. The van der Waals surface area contributed by atoms with Gasteiger partial charge in [0.2, 0.25) is 5.91 Å². The second-order valence-electron chi connectivity index (χ2n) is 10.3. The molecule has 1 aromatic heterocycles. The van der Waals surface area contributed by atoms with Gasteiger partial charge < -0.3 is 19.3 Å². The van der Waals surface area contributed by atoms with Crippen LogP contribution < -0.4 is 9.47 Å². The molecule has 206 valence electrons. The monoisotopic (exact) mass is 547 g/mol. The Hall–Kier alpha value is -3.36.